The van der Waals surface area contributed by atoms with Crippen molar-refractivity contribution < 1.29 is 9.59 Å². The van der Waals surface area contributed by atoms with Crippen molar-refractivity contribution in [1.29, 1.82) is 0 Å². The first-order valence-electron chi connectivity index (χ1n) is 6.93. The van der Waals surface area contributed by atoms with Gasteiger partial charge in [0.1, 0.15) is 6.04 Å². The number of carbonyl (C=O) groups is 2. The minimum atomic E-state index is -0.350. The number of carbonyl (C=O) groups excluding carboxylic acids is 2. The quantitative estimate of drug-likeness (QED) is 0.654. The summed E-state index contributed by atoms with van der Waals surface area (Å²) in [5.74, 6) is 0.107. The van der Waals surface area contributed by atoms with Crippen LogP contribution >= 0.6 is 0 Å². The van der Waals surface area contributed by atoms with Crippen molar-refractivity contribution in [2.75, 3.05) is 6.54 Å². The molecule has 5 heteroatoms. The first kappa shape index (κ1) is 13.3. The molecule has 4 N–H and O–H groups in total. The molecule has 2 amide bonds. The van der Waals surface area contributed by atoms with E-state index in [1.807, 2.05) is 6.92 Å². The SMILES string of the molecule is CC1C(N)CCCC1C(=O)NC1CCCNC1=O. The summed E-state index contributed by atoms with van der Waals surface area (Å²) in [6.07, 6.45) is 4.55. The summed E-state index contributed by atoms with van der Waals surface area (Å²) in [5.41, 5.74) is 6.01. The van der Waals surface area contributed by atoms with Gasteiger partial charge in [-0.1, -0.05) is 13.3 Å². The highest BCUT2D eigenvalue weighted by atomic mass is 16.2. The van der Waals surface area contributed by atoms with Crippen LogP contribution in [0.2, 0.25) is 0 Å². The predicted molar refractivity (Wildman–Crippen MR) is 68.7 cm³/mol. The van der Waals surface area contributed by atoms with Crippen LogP contribution in [0.3, 0.4) is 0 Å². The Morgan fingerprint density at radius 1 is 1.33 bits per heavy atom. The molecule has 4 unspecified atom stereocenters. The van der Waals surface area contributed by atoms with Gasteiger partial charge in [-0.15, -0.1) is 0 Å². The normalized spacial score (nSPS) is 36.9. The molecule has 0 aromatic rings. The lowest BCUT2D eigenvalue weighted by molar-refractivity contribution is -0.133. The van der Waals surface area contributed by atoms with E-state index >= 15 is 0 Å². The van der Waals surface area contributed by atoms with Gasteiger partial charge in [0.2, 0.25) is 11.8 Å². The molecule has 2 rings (SSSR count). The van der Waals surface area contributed by atoms with Gasteiger partial charge in [0.25, 0.3) is 0 Å². The Kier molecular flexibility index (Phi) is 4.22. The van der Waals surface area contributed by atoms with Gasteiger partial charge >= 0.3 is 0 Å². The Labute approximate surface area is 108 Å². The first-order valence-corrected chi connectivity index (χ1v) is 6.93. The van der Waals surface area contributed by atoms with E-state index < -0.39 is 0 Å². The molecular formula is C13H23N3O2. The second-order valence-electron chi connectivity index (χ2n) is 5.55. The maximum atomic E-state index is 12.2. The van der Waals surface area contributed by atoms with Gasteiger partial charge in [-0.05, 0) is 31.6 Å². The molecule has 0 spiro atoms. The molecule has 0 aromatic heterocycles. The van der Waals surface area contributed by atoms with Crippen LogP contribution in [0.25, 0.3) is 0 Å². The van der Waals surface area contributed by atoms with E-state index in [1.54, 1.807) is 0 Å². The smallest absolute Gasteiger partial charge is 0.242 e. The lowest BCUT2D eigenvalue weighted by Crippen LogP contribution is -2.53. The van der Waals surface area contributed by atoms with E-state index in [2.05, 4.69) is 10.6 Å². The minimum Gasteiger partial charge on any atom is -0.354 e. The lowest BCUT2D eigenvalue weighted by atomic mass is 9.76. The Morgan fingerprint density at radius 2 is 2.11 bits per heavy atom. The highest BCUT2D eigenvalue weighted by Crippen LogP contribution is 2.29. The summed E-state index contributed by atoms with van der Waals surface area (Å²) in [4.78, 5) is 23.8. The zero-order valence-electron chi connectivity index (χ0n) is 10.9. The van der Waals surface area contributed by atoms with Crippen molar-refractivity contribution in [2.45, 2.75) is 51.1 Å². The Balaban J connectivity index is 1.92. The monoisotopic (exact) mass is 253 g/mol. The summed E-state index contributed by atoms with van der Waals surface area (Å²) in [6.45, 7) is 2.75. The van der Waals surface area contributed by atoms with Crippen LogP contribution in [0, 0.1) is 11.8 Å². The molecule has 0 radical (unpaired) electrons. The molecule has 5 nitrogen and oxygen atoms in total. The average Bonchev–Trinajstić information content (AvgIpc) is 2.35. The number of piperidine rings is 1. The maximum Gasteiger partial charge on any atom is 0.242 e. The van der Waals surface area contributed by atoms with Gasteiger partial charge in [-0.3, -0.25) is 9.59 Å². The zero-order valence-corrected chi connectivity index (χ0v) is 10.9. The molecule has 1 aliphatic carbocycles. The van der Waals surface area contributed by atoms with E-state index in [0.29, 0.717) is 0 Å². The van der Waals surface area contributed by atoms with Crippen LogP contribution in [0.15, 0.2) is 0 Å². The Hall–Kier alpha value is -1.10. The van der Waals surface area contributed by atoms with Gasteiger partial charge in [0, 0.05) is 18.5 Å². The molecule has 1 saturated carbocycles. The molecule has 1 aliphatic heterocycles. The molecule has 2 aliphatic rings. The van der Waals surface area contributed by atoms with Crippen LogP contribution in [0.1, 0.15) is 39.0 Å². The van der Waals surface area contributed by atoms with Crippen molar-refractivity contribution >= 4 is 11.8 Å². The van der Waals surface area contributed by atoms with E-state index in [0.717, 1.165) is 38.6 Å². The summed E-state index contributed by atoms with van der Waals surface area (Å²) in [7, 11) is 0. The Bertz CT molecular complexity index is 332. The summed E-state index contributed by atoms with van der Waals surface area (Å²) in [6, 6.07) is -0.244. The fourth-order valence-electron chi connectivity index (χ4n) is 2.96. The van der Waals surface area contributed by atoms with Crippen molar-refractivity contribution in [1.82, 2.24) is 10.6 Å². The average molecular weight is 253 g/mol. The fourth-order valence-corrected chi connectivity index (χ4v) is 2.96. The molecule has 1 heterocycles. The van der Waals surface area contributed by atoms with E-state index in [9.17, 15) is 9.59 Å². The lowest BCUT2D eigenvalue weighted by Gasteiger charge is -2.34. The minimum absolute atomic E-state index is 0.000278. The summed E-state index contributed by atoms with van der Waals surface area (Å²) < 4.78 is 0. The van der Waals surface area contributed by atoms with E-state index in [-0.39, 0.29) is 35.7 Å². The second kappa shape index (κ2) is 5.69. The molecular weight excluding hydrogens is 230 g/mol. The number of nitrogens with one attached hydrogen (secondary N) is 2. The molecule has 2 fully saturated rings. The van der Waals surface area contributed by atoms with Crippen LogP contribution in [0.5, 0.6) is 0 Å². The number of hydrogen-bond acceptors (Lipinski definition) is 3. The highest BCUT2D eigenvalue weighted by Gasteiger charge is 2.34. The zero-order chi connectivity index (χ0) is 13.1. The number of nitrogens with two attached hydrogens (primary N) is 1. The van der Waals surface area contributed by atoms with Gasteiger partial charge in [0.15, 0.2) is 0 Å². The molecule has 18 heavy (non-hydrogen) atoms. The summed E-state index contributed by atoms with van der Waals surface area (Å²) in [5, 5.41) is 5.66. The van der Waals surface area contributed by atoms with Crippen LogP contribution < -0.4 is 16.4 Å². The number of rotatable bonds is 2. The van der Waals surface area contributed by atoms with Crippen molar-refractivity contribution in [3.8, 4) is 0 Å². The topological polar surface area (TPSA) is 84.2 Å². The summed E-state index contributed by atoms with van der Waals surface area (Å²) >= 11 is 0. The first-order chi connectivity index (χ1) is 8.59. The van der Waals surface area contributed by atoms with Gasteiger partial charge < -0.3 is 16.4 Å². The molecule has 4 atom stereocenters. The second-order valence-corrected chi connectivity index (χ2v) is 5.55. The Morgan fingerprint density at radius 3 is 2.83 bits per heavy atom. The van der Waals surface area contributed by atoms with Crippen LogP contribution in [0.4, 0.5) is 0 Å². The maximum absolute atomic E-state index is 12.2. The van der Waals surface area contributed by atoms with Gasteiger partial charge in [-0.25, -0.2) is 0 Å². The van der Waals surface area contributed by atoms with Crippen LogP contribution in [-0.2, 0) is 9.59 Å². The number of amides is 2. The molecule has 0 aromatic carbocycles. The van der Waals surface area contributed by atoms with Crippen molar-refractivity contribution in [3.63, 3.8) is 0 Å². The van der Waals surface area contributed by atoms with Crippen molar-refractivity contribution in [3.05, 3.63) is 0 Å². The third-order valence-electron chi connectivity index (χ3n) is 4.30. The van der Waals surface area contributed by atoms with Gasteiger partial charge in [-0.2, -0.15) is 0 Å². The largest absolute Gasteiger partial charge is 0.354 e. The standard InChI is InChI=1S/C13H23N3O2/c1-8-9(4-2-5-10(8)14)12(17)16-11-6-3-7-15-13(11)18/h8-11H,2-7,14H2,1H3,(H,15,18)(H,16,17). The van der Waals surface area contributed by atoms with Crippen molar-refractivity contribution in [2.24, 2.45) is 17.6 Å². The molecule has 102 valence electrons. The van der Waals surface area contributed by atoms with Gasteiger partial charge in [0.05, 0.1) is 0 Å². The highest BCUT2D eigenvalue weighted by molar-refractivity contribution is 5.89. The van der Waals surface area contributed by atoms with Crippen LogP contribution in [-0.4, -0.2) is 30.4 Å². The predicted octanol–water partition coefficient (Wildman–Crippen LogP) is 0.145. The van der Waals surface area contributed by atoms with E-state index in [4.69, 9.17) is 5.73 Å². The third-order valence-corrected chi connectivity index (χ3v) is 4.30. The molecule has 1 saturated heterocycles. The fraction of sp³-hybridized carbons (Fsp3) is 0.846. The van der Waals surface area contributed by atoms with E-state index in [1.165, 1.54) is 0 Å². The number of hydrogen-bond donors (Lipinski definition) is 3. The molecule has 0 bridgehead atoms. The third kappa shape index (κ3) is 2.83.